The lowest BCUT2D eigenvalue weighted by atomic mass is 10.8. The third-order valence-electron chi connectivity index (χ3n) is 0.558. The van der Waals surface area contributed by atoms with Crippen LogP contribution in [0.1, 0.15) is 0 Å². The number of hydrogen-bond donors (Lipinski definition) is 0. The Morgan fingerprint density at radius 2 is 1.40 bits per heavy atom. The van der Waals surface area contributed by atoms with Crippen LogP contribution >= 0.6 is 0 Å². The molecule has 0 amide bonds. The molecule has 10 heavy (non-hydrogen) atoms. The van der Waals surface area contributed by atoms with Crippen LogP contribution in [0.2, 0.25) is 0 Å². The summed E-state index contributed by atoms with van der Waals surface area (Å²) >= 11 is 0. The first-order chi connectivity index (χ1) is 4.52. The summed E-state index contributed by atoms with van der Waals surface area (Å²) in [5.41, 5.74) is 0. The van der Waals surface area contributed by atoms with Crippen molar-refractivity contribution in [2.24, 2.45) is 0 Å². The van der Waals surface area contributed by atoms with Gasteiger partial charge in [-0.2, -0.15) is 0 Å². The van der Waals surface area contributed by atoms with Crippen LogP contribution in [0.25, 0.3) is 0 Å². The van der Waals surface area contributed by atoms with Crippen molar-refractivity contribution in [3.63, 3.8) is 0 Å². The van der Waals surface area contributed by atoms with Crippen LogP contribution in [0, 0.1) is 0 Å². The molecular formula is C4H4O5S-2. The van der Waals surface area contributed by atoms with Crippen LogP contribution in [0.3, 0.4) is 0 Å². The number of carbonyl (C=O) groups is 2. The zero-order valence-electron chi connectivity index (χ0n) is 4.86. The highest BCUT2D eigenvalue weighted by molar-refractivity contribution is 7.86. The Balaban J connectivity index is 3.65. The molecule has 0 saturated carbocycles. The molecule has 0 atom stereocenters. The maximum atomic E-state index is 10.3. The van der Waals surface area contributed by atoms with E-state index in [-0.39, 0.29) is 0 Å². The fraction of sp³-hybridized carbons (Fsp3) is 0.500. The predicted octanol–water partition coefficient (Wildman–Crippen LogP) is -3.77. The first-order valence-corrected chi connectivity index (χ1v) is 3.76. The van der Waals surface area contributed by atoms with Crippen molar-refractivity contribution in [1.29, 1.82) is 0 Å². The summed E-state index contributed by atoms with van der Waals surface area (Å²) in [6.07, 6.45) is 0. The van der Waals surface area contributed by atoms with E-state index in [4.69, 9.17) is 0 Å². The minimum atomic E-state index is -1.90. The Bertz CT molecular complexity index is 156. The van der Waals surface area contributed by atoms with Gasteiger partial charge in [0.2, 0.25) is 0 Å². The van der Waals surface area contributed by atoms with Crippen molar-refractivity contribution in [3.8, 4) is 0 Å². The van der Waals surface area contributed by atoms with Gasteiger partial charge in [0.1, 0.15) is 0 Å². The van der Waals surface area contributed by atoms with Crippen LogP contribution in [0.5, 0.6) is 0 Å². The molecule has 0 aromatic rings. The molecule has 0 radical (unpaired) electrons. The molecule has 0 heterocycles. The molecule has 0 unspecified atom stereocenters. The lowest BCUT2D eigenvalue weighted by Gasteiger charge is -2.02. The first-order valence-electron chi connectivity index (χ1n) is 2.27. The molecule has 58 valence electrons. The summed E-state index contributed by atoms with van der Waals surface area (Å²) in [7, 11) is -1.90. The van der Waals surface area contributed by atoms with Crippen LogP contribution < -0.4 is 10.2 Å². The Kier molecular flexibility index (Phi) is 3.63. The second-order valence-electron chi connectivity index (χ2n) is 1.47. The molecule has 0 aliphatic heterocycles. The van der Waals surface area contributed by atoms with Gasteiger partial charge in [-0.05, 0) is 0 Å². The predicted molar refractivity (Wildman–Crippen MR) is 27.9 cm³/mol. The SMILES string of the molecule is O=C([O-])CS(=O)CC(=O)[O-]. The maximum Gasteiger partial charge on any atom is 0.0635 e. The highest BCUT2D eigenvalue weighted by atomic mass is 32.2. The molecule has 0 bridgehead atoms. The van der Waals surface area contributed by atoms with Gasteiger partial charge in [0.05, 0.1) is 23.4 Å². The maximum absolute atomic E-state index is 10.3. The molecule has 0 aromatic carbocycles. The lowest BCUT2D eigenvalue weighted by molar-refractivity contribution is -0.301. The summed E-state index contributed by atoms with van der Waals surface area (Å²) in [6, 6.07) is 0. The van der Waals surface area contributed by atoms with E-state index in [1.165, 1.54) is 0 Å². The van der Waals surface area contributed by atoms with Crippen molar-refractivity contribution >= 4 is 22.7 Å². The average Bonchev–Trinajstić information content (AvgIpc) is 1.58. The van der Waals surface area contributed by atoms with Gasteiger partial charge in [0.25, 0.3) is 0 Å². The van der Waals surface area contributed by atoms with Gasteiger partial charge in [-0.3, -0.25) is 4.21 Å². The molecular weight excluding hydrogens is 160 g/mol. The second-order valence-corrected chi connectivity index (χ2v) is 2.93. The summed E-state index contributed by atoms with van der Waals surface area (Å²) in [5.74, 6) is -4.57. The van der Waals surface area contributed by atoms with Gasteiger partial charge in [0.15, 0.2) is 0 Å². The van der Waals surface area contributed by atoms with E-state index in [0.717, 1.165) is 0 Å². The largest absolute Gasteiger partial charge is 0.549 e. The Hall–Kier alpha value is -0.910. The third kappa shape index (κ3) is 5.23. The van der Waals surface area contributed by atoms with Crippen LogP contribution in [-0.2, 0) is 20.4 Å². The normalized spacial score (nSPS) is 9.70. The summed E-state index contributed by atoms with van der Waals surface area (Å²) in [6.45, 7) is 0. The number of rotatable bonds is 4. The standard InChI is InChI=1S/C4H6O5S/c5-3(6)1-10(9)2-4(7)8/h1-2H2,(H,5,6)(H,7,8)/p-2. The summed E-state index contributed by atoms with van der Waals surface area (Å²) < 4.78 is 10.3. The van der Waals surface area contributed by atoms with Crippen molar-refractivity contribution in [3.05, 3.63) is 0 Å². The van der Waals surface area contributed by atoms with E-state index in [9.17, 15) is 24.0 Å². The van der Waals surface area contributed by atoms with Gasteiger partial charge in [0, 0.05) is 10.8 Å². The van der Waals surface area contributed by atoms with Crippen molar-refractivity contribution in [1.82, 2.24) is 0 Å². The zero-order valence-corrected chi connectivity index (χ0v) is 5.68. The third-order valence-corrected chi connectivity index (χ3v) is 1.67. The van der Waals surface area contributed by atoms with Gasteiger partial charge in [-0.25, -0.2) is 0 Å². The van der Waals surface area contributed by atoms with E-state index in [2.05, 4.69) is 0 Å². The average molecular weight is 164 g/mol. The molecule has 6 heteroatoms. The molecule has 5 nitrogen and oxygen atoms in total. The van der Waals surface area contributed by atoms with Crippen LogP contribution in [0.15, 0.2) is 0 Å². The second kappa shape index (κ2) is 3.99. The fourth-order valence-corrected chi connectivity index (χ4v) is 0.942. The van der Waals surface area contributed by atoms with Crippen LogP contribution in [-0.4, -0.2) is 27.7 Å². The molecule has 0 spiro atoms. The molecule has 0 aliphatic rings. The lowest BCUT2D eigenvalue weighted by Crippen LogP contribution is -2.34. The van der Waals surface area contributed by atoms with E-state index < -0.39 is 34.2 Å². The van der Waals surface area contributed by atoms with E-state index >= 15 is 0 Å². The van der Waals surface area contributed by atoms with Crippen molar-refractivity contribution in [2.75, 3.05) is 11.5 Å². The highest BCUT2D eigenvalue weighted by Crippen LogP contribution is 1.78. The van der Waals surface area contributed by atoms with Crippen LogP contribution in [0.4, 0.5) is 0 Å². The van der Waals surface area contributed by atoms with Crippen molar-refractivity contribution < 1.29 is 24.0 Å². The van der Waals surface area contributed by atoms with Gasteiger partial charge in [-0.1, -0.05) is 0 Å². The number of carbonyl (C=O) groups excluding carboxylic acids is 2. The van der Waals surface area contributed by atoms with Crippen molar-refractivity contribution in [2.45, 2.75) is 0 Å². The summed E-state index contributed by atoms with van der Waals surface area (Å²) in [4.78, 5) is 19.3. The van der Waals surface area contributed by atoms with E-state index in [0.29, 0.717) is 0 Å². The number of carboxylic acids is 2. The van der Waals surface area contributed by atoms with Gasteiger partial charge < -0.3 is 19.8 Å². The molecule has 0 aromatic heterocycles. The fourth-order valence-electron chi connectivity index (χ4n) is 0.314. The van der Waals surface area contributed by atoms with E-state index in [1.54, 1.807) is 0 Å². The number of carboxylic acid groups (broad SMARTS) is 2. The summed E-state index contributed by atoms with van der Waals surface area (Å²) in [5, 5.41) is 19.3. The molecule has 0 fully saturated rings. The minimum Gasteiger partial charge on any atom is -0.549 e. The number of hydrogen-bond acceptors (Lipinski definition) is 5. The first kappa shape index (κ1) is 9.09. The molecule has 0 rings (SSSR count). The molecule has 0 saturated heterocycles. The van der Waals surface area contributed by atoms with Gasteiger partial charge in [-0.15, -0.1) is 0 Å². The minimum absolute atomic E-state index is 0.756. The van der Waals surface area contributed by atoms with Gasteiger partial charge >= 0.3 is 0 Å². The van der Waals surface area contributed by atoms with E-state index in [1.807, 2.05) is 0 Å². The Morgan fingerprint density at radius 1 is 1.10 bits per heavy atom. The zero-order chi connectivity index (χ0) is 8.15. The molecule has 0 aliphatic carbocycles. The monoisotopic (exact) mass is 164 g/mol. The topological polar surface area (TPSA) is 97.3 Å². The smallest absolute Gasteiger partial charge is 0.0635 e. The number of aliphatic carboxylic acids is 2. The quantitative estimate of drug-likeness (QED) is 0.425. The Morgan fingerprint density at radius 3 is 1.60 bits per heavy atom. The Labute approximate surface area is 59.1 Å². The highest BCUT2D eigenvalue weighted by Gasteiger charge is 1.98. The molecule has 0 N–H and O–H groups in total.